The van der Waals surface area contributed by atoms with Gasteiger partial charge in [-0.15, -0.1) is 11.3 Å². The molecule has 0 bridgehead atoms. The Morgan fingerprint density at radius 1 is 1.30 bits per heavy atom. The van der Waals surface area contributed by atoms with Crippen LogP contribution in [0.2, 0.25) is 4.34 Å². The van der Waals surface area contributed by atoms with Crippen LogP contribution in [0.4, 0.5) is 0 Å². The van der Waals surface area contributed by atoms with Crippen LogP contribution in [0.15, 0.2) is 29.0 Å². The maximum atomic E-state index is 12.2. The summed E-state index contributed by atoms with van der Waals surface area (Å²) in [6.45, 7) is 0.720. The summed E-state index contributed by atoms with van der Waals surface area (Å²) in [4.78, 5) is 12.9. The quantitative estimate of drug-likeness (QED) is 0.867. The number of amides is 1. The fourth-order valence-corrected chi connectivity index (χ4v) is 4.70. The van der Waals surface area contributed by atoms with Crippen molar-refractivity contribution in [2.24, 2.45) is 0 Å². The van der Waals surface area contributed by atoms with Crippen molar-refractivity contribution in [3.8, 4) is 0 Å². The average molecular weight is 326 g/mol. The van der Waals surface area contributed by atoms with E-state index in [9.17, 15) is 4.79 Å². The van der Waals surface area contributed by atoms with Gasteiger partial charge in [-0.25, -0.2) is 0 Å². The molecule has 0 aliphatic heterocycles. The summed E-state index contributed by atoms with van der Waals surface area (Å²) >= 11 is 8.94. The zero-order valence-electron chi connectivity index (χ0n) is 11.0. The minimum atomic E-state index is -0.0107. The van der Waals surface area contributed by atoms with E-state index in [4.69, 9.17) is 11.6 Å². The van der Waals surface area contributed by atoms with Crippen LogP contribution in [-0.2, 0) is 5.41 Å². The third-order valence-electron chi connectivity index (χ3n) is 4.08. The second kappa shape index (κ2) is 5.88. The van der Waals surface area contributed by atoms with Crippen molar-refractivity contribution < 1.29 is 4.79 Å². The lowest BCUT2D eigenvalue weighted by Crippen LogP contribution is -2.38. The zero-order valence-corrected chi connectivity index (χ0v) is 13.4. The number of nitrogens with one attached hydrogen (secondary N) is 1. The summed E-state index contributed by atoms with van der Waals surface area (Å²) in [6, 6.07) is 5.75. The highest BCUT2D eigenvalue weighted by molar-refractivity contribution is 7.18. The summed E-state index contributed by atoms with van der Waals surface area (Å²) in [5.74, 6) is -0.0107. The molecule has 0 saturated heterocycles. The molecule has 0 atom stereocenters. The van der Waals surface area contributed by atoms with Gasteiger partial charge in [0.15, 0.2) is 0 Å². The van der Waals surface area contributed by atoms with Crippen molar-refractivity contribution >= 4 is 40.2 Å². The number of hydrogen-bond donors (Lipinski definition) is 1. The molecule has 2 aromatic heterocycles. The molecule has 2 heterocycles. The second-order valence-corrected chi connectivity index (χ2v) is 7.78. The van der Waals surface area contributed by atoms with E-state index in [1.807, 2.05) is 0 Å². The van der Waals surface area contributed by atoms with Crippen LogP contribution in [-0.4, -0.2) is 12.5 Å². The van der Waals surface area contributed by atoms with Crippen LogP contribution in [0.1, 0.15) is 40.9 Å². The van der Waals surface area contributed by atoms with Gasteiger partial charge in [0.25, 0.3) is 5.91 Å². The molecule has 0 aromatic carbocycles. The predicted octanol–water partition coefficient (Wildman–Crippen LogP) is 4.70. The van der Waals surface area contributed by atoms with E-state index in [1.165, 1.54) is 29.7 Å². The van der Waals surface area contributed by atoms with Gasteiger partial charge in [0, 0.05) is 12.0 Å². The van der Waals surface area contributed by atoms with E-state index < -0.39 is 0 Å². The Balaban J connectivity index is 1.71. The van der Waals surface area contributed by atoms with Gasteiger partial charge in [-0.2, -0.15) is 11.3 Å². The highest BCUT2D eigenvalue weighted by Crippen LogP contribution is 2.41. The first-order chi connectivity index (χ1) is 9.70. The molecule has 2 aromatic rings. The van der Waals surface area contributed by atoms with Crippen LogP contribution >= 0.6 is 34.3 Å². The molecule has 1 saturated carbocycles. The normalized spacial score (nSPS) is 17.2. The molecule has 3 rings (SSSR count). The molecule has 0 unspecified atom stereocenters. The molecule has 5 heteroatoms. The molecular weight excluding hydrogens is 310 g/mol. The number of hydrogen-bond acceptors (Lipinski definition) is 3. The first kappa shape index (κ1) is 14.1. The molecule has 1 aliphatic carbocycles. The van der Waals surface area contributed by atoms with Gasteiger partial charge in [0.05, 0.1) is 9.21 Å². The maximum absolute atomic E-state index is 12.2. The van der Waals surface area contributed by atoms with Crippen molar-refractivity contribution in [3.63, 3.8) is 0 Å². The molecule has 106 valence electrons. The van der Waals surface area contributed by atoms with Crippen molar-refractivity contribution in [2.45, 2.75) is 31.1 Å². The van der Waals surface area contributed by atoms with Gasteiger partial charge in [0.2, 0.25) is 0 Å². The fourth-order valence-electron chi connectivity index (χ4n) is 2.96. The molecule has 0 radical (unpaired) electrons. The van der Waals surface area contributed by atoms with Crippen LogP contribution in [0.5, 0.6) is 0 Å². The van der Waals surface area contributed by atoms with Crippen molar-refractivity contribution in [1.82, 2.24) is 5.32 Å². The van der Waals surface area contributed by atoms with Gasteiger partial charge in [0.1, 0.15) is 0 Å². The van der Waals surface area contributed by atoms with Crippen LogP contribution in [0.3, 0.4) is 0 Å². The summed E-state index contributed by atoms with van der Waals surface area (Å²) < 4.78 is 0.656. The van der Waals surface area contributed by atoms with E-state index in [0.29, 0.717) is 9.21 Å². The zero-order chi connectivity index (χ0) is 14.0. The molecule has 1 aliphatic rings. The lowest BCUT2D eigenvalue weighted by Gasteiger charge is -2.28. The Morgan fingerprint density at radius 3 is 2.70 bits per heavy atom. The van der Waals surface area contributed by atoms with Gasteiger partial charge in [-0.3, -0.25) is 4.79 Å². The average Bonchev–Trinajstić information content (AvgIpc) is 3.17. The van der Waals surface area contributed by atoms with Gasteiger partial charge < -0.3 is 5.32 Å². The fraction of sp³-hybridized carbons (Fsp3) is 0.400. The van der Waals surface area contributed by atoms with Gasteiger partial charge in [-0.1, -0.05) is 24.4 Å². The first-order valence-electron chi connectivity index (χ1n) is 6.76. The van der Waals surface area contributed by atoms with E-state index in [-0.39, 0.29) is 11.3 Å². The maximum Gasteiger partial charge on any atom is 0.261 e. The summed E-state index contributed by atoms with van der Waals surface area (Å²) in [5.41, 5.74) is 1.51. The Hall–Kier alpha value is -0.840. The van der Waals surface area contributed by atoms with E-state index in [1.54, 1.807) is 23.5 Å². The molecule has 0 spiro atoms. The second-order valence-electron chi connectivity index (χ2n) is 5.29. The molecule has 20 heavy (non-hydrogen) atoms. The number of thiophene rings is 2. The van der Waals surface area contributed by atoms with Crippen molar-refractivity contribution in [3.05, 3.63) is 43.7 Å². The predicted molar refractivity (Wildman–Crippen MR) is 86.1 cm³/mol. The van der Waals surface area contributed by atoms with E-state index in [2.05, 4.69) is 22.1 Å². The monoisotopic (exact) mass is 325 g/mol. The Labute approximate surface area is 131 Å². The standard InChI is InChI=1S/C15H16ClNOS2/c16-13-4-3-12(20-13)14(18)17-10-15(6-1-2-7-15)11-5-8-19-9-11/h3-5,8-9H,1-2,6-7,10H2,(H,17,18). The molecular formula is C15H16ClNOS2. The largest absolute Gasteiger partial charge is 0.350 e. The summed E-state index contributed by atoms with van der Waals surface area (Å²) in [7, 11) is 0. The molecule has 1 N–H and O–H groups in total. The molecule has 1 fully saturated rings. The first-order valence-corrected chi connectivity index (χ1v) is 8.90. The van der Waals surface area contributed by atoms with Crippen LogP contribution in [0.25, 0.3) is 0 Å². The minimum absolute atomic E-state index is 0.0107. The SMILES string of the molecule is O=C(NCC1(c2ccsc2)CCCC1)c1ccc(Cl)s1. The molecule has 2 nitrogen and oxygen atoms in total. The van der Waals surface area contributed by atoms with Gasteiger partial charge >= 0.3 is 0 Å². The van der Waals surface area contributed by atoms with Gasteiger partial charge in [-0.05, 0) is 47.4 Å². The third-order valence-corrected chi connectivity index (χ3v) is 5.99. The van der Waals surface area contributed by atoms with Crippen LogP contribution < -0.4 is 5.32 Å². The third kappa shape index (κ3) is 2.78. The summed E-state index contributed by atoms with van der Waals surface area (Å²) in [6.07, 6.45) is 4.82. The summed E-state index contributed by atoms with van der Waals surface area (Å²) in [5, 5.41) is 7.44. The topological polar surface area (TPSA) is 29.1 Å². The van der Waals surface area contributed by atoms with Crippen LogP contribution in [0, 0.1) is 0 Å². The Morgan fingerprint density at radius 2 is 2.10 bits per heavy atom. The van der Waals surface area contributed by atoms with Crippen molar-refractivity contribution in [1.29, 1.82) is 0 Å². The minimum Gasteiger partial charge on any atom is -0.350 e. The highest BCUT2D eigenvalue weighted by atomic mass is 35.5. The number of carbonyl (C=O) groups excluding carboxylic acids is 1. The highest BCUT2D eigenvalue weighted by Gasteiger charge is 2.36. The van der Waals surface area contributed by atoms with Crippen molar-refractivity contribution in [2.75, 3.05) is 6.54 Å². The van der Waals surface area contributed by atoms with E-state index in [0.717, 1.165) is 19.4 Å². The number of rotatable bonds is 4. The molecule has 1 amide bonds. The lowest BCUT2D eigenvalue weighted by atomic mass is 9.80. The lowest BCUT2D eigenvalue weighted by molar-refractivity contribution is 0.0947. The number of halogens is 1. The smallest absolute Gasteiger partial charge is 0.261 e. The van der Waals surface area contributed by atoms with E-state index >= 15 is 0 Å². The Bertz CT molecular complexity index is 585. The Kier molecular flexibility index (Phi) is 4.15. The number of carbonyl (C=O) groups is 1.